The summed E-state index contributed by atoms with van der Waals surface area (Å²) in [6, 6.07) is 6.73. The van der Waals surface area contributed by atoms with Crippen LogP contribution in [0.2, 0.25) is 0 Å². The van der Waals surface area contributed by atoms with E-state index in [4.69, 9.17) is 0 Å². The normalized spacial score (nSPS) is 15.4. The Morgan fingerprint density at radius 1 is 1.37 bits per heavy atom. The summed E-state index contributed by atoms with van der Waals surface area (Å²) in [6.07, 6.45) is 0.543. The number of likely N-dealkylation sites (N-methyl/N-ethyl adjacent to an activating group) is 1. The van der Waals surface area contributed by atoms with E-state index in [1.54, 1.807) is 24.1 Å². The highest BCUT2D eigenvalue weighted by molar-refractivity contribution is 5.74. The number of benzene rings is 1. The highest BCUT2D eigenvalue weighted by atomic mass is 19.1. The van der Waals surface area contributed by atoms with E-state index in [9.17, 15) is 9.18 Å². The molecule has 1 aliphatic rings. The van der Waals surface area contributed by atoms with Crippen LogP contribution in [0.25, 0.3) is 0 Å². The van der Waals surface area contributed by atoms with Crippen LogP contribution < -0.4 is 5.32 Å². The van der Waals surface area contributed by atoms with E-state index in [1.165, 1.54) is 6.07 Å². The molecule has 1 saturated heterocycles. The Morgan fingerprint density at radius 3 is 2.74 bits per heavy atom. The SMILES string of the molecule is CN(CCc1ccccc1F)C(=O)N1CCNCC1. The van der Waals surface area contributed by atoms with E-state index in [0.717, 1.165) is 26.2 Å². The maximum atomic E-state index is 13.5. The molecule has 0 aromatic heterocycles. The van der Waals surface area contributed by atoms with Gasteiger partial charge >= 0.3 is 6.03 Å². The van der Waals surface area contributed by atoms with Crippen LogP contribution >= 0.6 is 0 Å². The Labute approximate surface area is 113 Å². The van der Waals surface area contributed by atoms with Crippen LogP contribution in [0, 0.1) is 5.82 Å². The molecular formula is C14H20FN3O. The van der Waals surface area contributed by atoms with Crippen molar-refractivity contribution in [3.8, 4) is 0 Å². The Kier molecular flexibility index (Phi) is 4.74. The molecule has 0 aliphatic carbocycles. The number of carbonyl (C=O) groups is 1. The molecule has 0 bridgehead atoms. The molecule has 0 atom stereocenters. The minimum Gasteiger partial charge on any atom is -0.327 e. The topological polar surface area (TPSA) is 35.6 Å². The Morgan fingerprint density at radius 2 is 2.05 bits per heavy atom. The summed E-state index contributed by atoms with van der Waals surface area (Å²) in [5, 5.41) is 3.21. The third-order valence-corrected chi connectivity index (χ3v) is 3.39. The largest absolute Gasteiger partial charge is 0.327 e. The van der Waals surface area contributed by atoms with Gasteiger partial charge in [-0.15, -0.1) is 0 Å². The maximum absolute atomic E-state index is 13.5. The van der Waals surface area contributed by atoms with Crippen molar-refractivity contribution in [1.29, 1.82) is 0 Å². The number of urea groups is 1. The number of hydrogen-bond donors (Lipinski definition) is 1. The van der Waals surface area contributed by atoms with Crippen molar-refractivity contribution in [2.45, 2.75) is 6.42 Å². The summed E-state index contributed by atoms with van der Waals surface area (Å²) in [5.74, 6) is -0.203. The van der Waals surface area contributed by atoms with Crippen molar-refractivity contribution in [1.82, 2.24) is 15.1 Å². The van der Waals surface area contributed by atoms with Gasteiger partial charge in [-0.05, 0) is 18.1 Å². The lowest BCUT2D eigenvalue weighted by Crippen LogP contribution is -2.50. The molecule has 1 N–H and O–H groups in total. The second-order valence-corrected chi connectivity index (χ2v) is 4.78. The van der Waals surface area contributed by atoms with Crippen molar-refractivity contribution in [3.05, 3.63) is 35.6 Å². The van der Waals surface area contributed by atoms with E-state index in [0.29, 0.717) is 18.5 Å². The summed E-state index contributed by atoms with van der Waals surface area (Å²) >= 11 is 0. The summed E-state index contributed by atoms with van der Waals surface area (Å²) in [7, 11) is 1.77. The van der Waals surface area contributed by atoms with E-state index >= 15 is 0 Å². The van der Waals surface area contributed by atoms with Crippen LogP contribution in [-0.2, 0) is 6.42 Å². The van der Waals surface area contributed by atoms with Crippen molar-refractivity contribution in [3.63, 3.8) is 0 Å². The highest BCUT2D eigenvalue weighted by Crippen LogP contribution is 2.08. The van der Waals surface area contributed by atoms with Crippen LogP contribution in [0.1, 0.15) is 5.56 Å². The molecule has 1 heterocycles. The van der Waals surface area contributed by atoms with Gasteiger partial charge in [-0.2, -0.15) is 0 Å². The lowest BCUT2D eigenvalue weighted by molar-refractivity contribution is 0.156. The number of hydrogen-bond acceptors (Lipinski definition) is 2. The summed E-state index contributed by atoms with van der Waals surface area (Å²) in [5.41, 5.74) is 0.655. The second kappa shape index (κ2) is 6.52. The van der Waals surface area contributed by atoms with Gasteiger partial charge in [0.15, 0.2) is 0 Å². The van der Waals surface area contributed by atoms with Gasteiger partial charge in [0.1, 0.15) is 5.82 Å². The molecule has 0 spiro atoms. The molecule has 1 aromatic carbocycles. The molecule has 1 fully saturated rings. The minimum atomic E-state index is -0.203. The quantitative estimate of drug-likeness (QED) is 0.895. The zero-order valence-electron chi connectivity index (χ0n) is 11.2. The van der Waals surface area contributed by atoms with Crippen molar-refractivity contribution in [2.24, 2.45) is 0 Å². The van der Waals surface area contributed by atoms with Crippen LogP contribution in [0.15, 0.2) is 24.3 Å². The Bertz CT molecular complexity index is 432. The van der Waals surface area contributed by atoms with E-state index in [-0.39, 0.29) is 11.8 Å². The minimum absolute atomic E-state index is 0.0258. The average molecular weight is 265 g/mol. The number of amides is 2. The molecule has 0 radical (unpaired) electrons. The zero-order valence-corrected chi connectivity index (χ0v) is 11.2. The fourth-order valence-electron chi connectivity index (χ4n) is 2.18. The molecule has 0 saturated carbocycles. The first kappa shape index (κ1) is 13.8. The van der Waals surface area contributed by atoms with Crippen LogP contribution in [0.4, 0.5) is 9.18 Å². The first-order valence-corrected chi connectivity index (χ1v) is 6.62. The van der Waals surface area contributed by atoms with E-state index < -0.39 is 0 Å². The average Bonchev–Trinajstić information content (AvgIpc) is 2.46. The predicted molar refractivity (Wildman–Crippen MR) is 72.6 cm³/mol. The first-order chi connectivity index (χ1) is 9.18. The molecule has 2 rings (SSSR count). The molecule has 5 heteroatoms. The third-order valence-electron chi connectivity index (χ3n) is 3.39. The number of nitrogens with zero attached hydrogens (tertiary/aromatic N) is 2. The summed E-state index contributed by atoms with van der Waals surface area (Å²) < 4.78 is 13.5. The molecule has 1 aromatic rings. The number of carbonyl (C=O) groups excluding carboxylic acids is 1. The number of rotatable bonds is 3. The van der Waals surface area contributed by atoms with Gasteiger partial charge in [-0.1, -0.05) is 18.2 Å². The Hall–Kier alpha value is -1.62. The molecule has 1 aliphatic heterocycles. The van der Waals surface area contributed by atoms with Gasteiger partial charge in [-0.3, -0.25) is 0 Å². The number of halogens is 1. The van der Waals surface area contributed by atoms with Gasteiger partial charge in [0.2, 0.25) is 0 Å². The zero-order chi connectivity index (χ0) is 13.7. The van der Waals surface area contributed by atoms with Crippen molar-refractivity contribution in [2.75, 3.05) is 39.8 Å². The van der Waals surface area contributed by atoms with Gasteiger partial charge in [0, 0.05) is 39.8 Å². The maximum Gasteiger partial charge on any atom is 0.319 e. The fraction of sp³-hybridized carbons (Fsp3) is 0.500. The lowest BCUT2D eigenvalue weighted by atomic mass is 10.1. The van der Waals surface area contributed by atoms with Crippen molar-refractivity contribution < 1.29 is 9.18 Å². The standard InChI is InChI=1S/C14H20FN3O/c1-17(14(19)18-10-7-16-8-11-18)9-6-12-4-2-3-5-13(12)15/h2-5,16H,6-11H2,1H3. The van der Waals surface area contributed by atoms with Crippen molar-refractivity contribution >= 4 is 6.03 Å². The monoisotopic (exact) mass is 265 g/mol. The van der Waals surface area contributed by atoms with E-state index in [1.807, 2.05) is 11.0 Å². The fourth-order valence-corrected chi connectivity index (χ4v) is 2.18. The molecule has 19 heavy (non-hydrogen) atoms. The molecular weight excluding hydrogens is 245 g/mol. The molecule has 0 unspecified atom stereocenters. The van der Waals surface area contributed by atoms with Crippen LogP contribution in [0.5, 0.6) is 0 Å². The first-order valence-electron chi connectivity index (χ1n) is 6.62. The lowest BCUT2D eigenvalue weighted by Gasteiger charge is -2.31. The summed E-state index contributed by atoms with van der Waals surface area (Å²) in [6.45, 7) is 3.69. The number of piperazine rings is 1. The summed E-state index contributed by atoms with van der Waals surface area (Å²) in [4.78, 5) is 15.6. The number of nitrogens with one attached hydrogen (secondary N) is 1. The van der Waals surface area contributed by atoms with Gasteiger partial charge in [-0.25, -0.2) is 9.18 Å². The van der Waals surface area contributed by atoms with Gasteiger partial charge < -0.3 is 15.1 Å². The second-order valence-electron chi connectivity index (χ2n) is 4.78. The third kappa shape index (κ3) is 3.67. The highest BCUT2D eigenvalue weighted by Gasteiger charge is 2.19. The Balaban J connectivity index is 1.85. The van der Waals surface area contributed by atoms with Gasteiger partial charge in [0.25, 0.3) is 0 Å². The predicted octanol–water partition coefficient (Wildman–Crippen LogP) is 1.33. The molecule has 104 valence electrons. The molecule has 2 amide bonds. The van der Waals surface area contributed by atoms with Gasteiger partial charge in [0.05, 0.1) is 0 Å². The van der Waals surface area contributed by atoms with Crippen LogP contribution in [0.3, 0.4) is 0 Å². The van der Waals surface area contributed by atoms with E-state index in [2.05, 4.69) is 5.32 Å². The smallest absolute Gasteiger partial charge is 0.319 e. The molecule has 4 nitrogen and oxygen atoms in total. The van der Waals surface area contributed by atoms with Crippen LogP contribution in [-0.4, -0.2) is 55.6 Å².